The molecular weight excluding hydrogens is 326 g/mol. The average molecular weight is 355 g/mol. The van der Waals surface area contributed by atoms with Gasteiger partial charge in [-0.25, -0.2) is 4.79 Å². The van der Waals surface area contributed by atoms with E-state index in [4.69, 9.17) is 0 Å². The number of rotatable bonds is 4. The van der Waals surface area contributed by atoms with Crippen LogP contribution in [0.5, 0.6) is 0 Å². The van der Waals surface area contributed by atoms with Crippen LogP contribution in [0.4, 0.5) is 4.79 Å². The molecule has 0 radical (unpaired) electrons. The van der Waals surface area contributed by atoms with Gasteiger partial charge in [0.25, 0.3) is 0 Å². The number of aryl methyl sites for hydroxylation is 1. The van der Waals surface area contributed by atoms with Gasteiger partial charge in [-0.05, 0) is 56.1 Å². The number of likely N-dealkylation sites (tertiary alicyclic amines) is 2. The molecule has 1 aromatic rings. The van der Waals surface area contributed by atoms with E-state index in [1.54, 1.807) is 0 Å². The molecule has 1 N–H and O–H groups in total. The third-order valence-electron chi connectivity index (χ3n) is 6.33. The Kier molecular flexibility index (Phi) is 4.63. The van der Waals surface area contributed by atoms with Gasteiger partial charge in [0.15, 0.2) is 0 Å². The minimum atomic E-state index is -0.326. The van der Waals surface area contributed by atoms with Crippen LogP contribution in [0.3, 0.4) is 0 Å². The van der Waals surface area contributed by atoms with E-state index in [-0.39, 0.29) is 11.4 Å². The molecule has 0 aromatic heterocycles. The third kappa shape index (κ3) is 3.44. The molecule has 1 saturated carbocycles. The van der Waals surface area contributed by atoms with Crippen LogP contribution in [0.1, 0.15) is 43.2 Å². The molecule has 5 nitrogen and oxygen atoms in total. The lowest BCUT2D eigenvalue weighted by Gasteiger charge is -2.39. The van der Waals surface area contributed by atoms with Crippen LogP contribution in [-0.2, 0) is 11.3 Å². The molecule has 2 aliphatic heterocycles. The molecule has 3 fully saturated rings. The second kappa shape index (κ2) is 6.93. The fraction of sp³-hybridized carbons (Fsp3) is 0.619. The van der Waals surface area contributed by atoms with Crippen LogP contribution >= 0.6 is 0 Å². The van der Waals surface area contributed by atoms with Crippen molar-refractivity contribution in [1.29, 1.82) is 0 Å². The van der Waals surface area contributed by atoms with Crippen molar-refractivity contribution in [2.24, 2.45) is 11.3 Å². The molecule has 4 rings (SSSR count). The number of carbonyl (C=O) groups is 2. The van der Waals surface area contributed by atoms with Gasteiger partial charge in [-0.1, -0.05) is 24.3 Å². The number of benzene rings is 1. The van der Waals surface area contributed by atoms with E-state index < -0.39 is 0 Å². The molecule has 0 unspecified atom stereocenters. The quantitative estimate of drug-likeness (QED) is 0.903. The van der Waals surface area contributed by atoms with Crippen molar-refractivity contribution in [3.8, 4) is 0 Å². The fourth-order valence-electron chi connectivity index (χ4n) is 4.45. The van der Waals surface area contributed by atoms with Crippen molar-refractivity contribution >= 4 is 11.9 Å². The minimum absolute atomic E-state index is 0.0442. The first-order valence-corrected chi connectivity index (χ1v) is 9.94. The first-order chi connectivity index (χ1) is 12.6. The van der Waals surface area contributed by atoms with Gasteiger partial charge in [-0.3, -0.25) is 4.79 Å². The summed E-state index contributed by atoms with van der Waals surface area (Å²) >= 11 is 0. The van der Waals surface area contributed by atoms with E-state index in [2.05, 4.69) is 23.2 Å². The van der Waals surface area contributed by atoms with Crippen molar-refractivity contribution in [1.82, 2.24) is 15.1 Å². The van der Waals surface area contributed by atoms with Crippen LogP contribution in [-0.4, -0.2) is 47.9 Å². The Hall–Kier alpha value is -2.04. The summed E-state index contributed by atoms with van der Waals surface area (Å²) in [4.78, 5) is 29.6. The number of nitrogens with zero attached hydrogens (tertiary/aromatic N) is 2. The third-order valence-corrected chi connectivity index (χ3v) is 6.33. The van der Waals surface area contributed by atoms with E-state index in [0.29, 0.717) is 25.5 Å². The maximum absolute atomic E-state index is 13.1. The number of carbonyl (C=O) groups excluding carboxylic acids is 2. The Balaban J connectivity index is 1.35. The molecule has 140 valence electrons. The highest BCUT2D eigenvalue weighted by Gasteiger charge is 2.49. The zero-order chi connectivity index (χ0) is 18.1. The van der Waals surface area contributed by atoms with Crippen molar-refractivity contribution in [3.05, 3.63) is 35.4 Å². The molecule has 1 spiro atoms. The maximum Gasteiger partial charge on any atom is 0.317 e. The van der Waals surface area contributed by atoms with Gasteiger partial charge in [0.2, 0.25) is 5.91 Å². The van der Waals surface area contributed by atoms with Gasteiger partial charge >= 0.3 is 6.03 Å². The van der Waals surface area contributed by atoms with Crippen LogP contribution in [0.25, 0.3) is 0 Å². The largest absolute Gasteiger partial charge is 0.342 e. The first kappa shape index (κ1) is 17.4. The summed E-state index contributed by atoms with van der Waals surface area (Å²) in [7, 11) is 0. The van der Waals surface area contributed by atoms with E-state index in [9.17, 15) is 9.59 Å². The van der Waals surface area contributed by atoms with E-state index in [0.717, 1.165) is 43.8 Å². The molecule has 3 aliphatic rings. The number of urea groups is 1. The standard InChI is InChI=1S/C21H29N3O2/c1-16-5-2-3-6-18(16)13-22-20(26)24-12-10-21(15-24)9-4-11-23(19(21)25)14-17-7-8-17/h2-3,5-6,17H,4,7-15H2,1H3,(H,22,26)/t21-/m1/s1. The highest BCUT2D eigenvalue weighted by atomic mass is 16.2. The van der Waals surface area contributed by atoms with Crippen molar-refractivity contribution < 1.29 is 9.59 Å². The Bertz CT molecular complexity index is 700. The highest BCUT2D eigenvalue weighted by Crippen LogP contribution is 2.41. The van der Waals surface area contributed by atoms with E-state index >= 15 is 0 Å². The lowest BCUT2D eigenvalue weighted by molar-refractivity contribution is -0.145. The predicted molar refractivity (Wildman–Crippen MR) is 101 cm³/mol. The van der Waals surface area contributed by atoms with Gasteiger partial charge in [0.1, 0.15) is 0 Å². The van der Waals surface area contributed by atoms with Crippen LogP contribution < -0.4 is 5.32 Å². The lowest BCUT2D eigenvalue weighted by Crippen LogP contribution is -2.51. The molecule has 26 heavy (non-hydrogen) atoms. The molecule has 2 heterocycles. The van der Waals surface area contributed by atoms with Crippen LogP contribution in [0.15, 0.2) is 24.3 Å². The monoisotopic (exact) mass is 355 g/mol. The Morgan fingerprint density at radius 3 is 2.81 bits per heavy atom. The maximum atomic E-state index is 13.1. The van der Waals surface area contributed by atoms with Gasteiger partial charge in [-0.15, -0.1) is 0 Å². The molecule has 1 aliphatic carbocycles. The molecular formula is C21H29N3O2. The van der Waals surface area contributed by atoms with E-state index in [1.807, 2.05) is 23.1 Å². The number of amides is 3. The summed E-state index contributed by atoms with van der Waals surface area (Å²) < 4.78 is 0. The summed E-state index contributed by atoms with van der Waals surface area (Å²) in [5.41, 5.74) is 2.00. The van der Waals surface area contributed by atoms with E-state index in [1.165, 1.54) is 18.4 Å². The SMILES string of the molecule is Cc1ccccc1CNC(=O)N1CC[C@]2(CCCN(CC3CC3)C2=O)C1. The van der Waals surface area contributed by atoms with Crippen molar-refractivity contribution in [2.45, 2.75) is 45.6 Å². The first-order valence-electron chi connectivity index (χ1n) is 9.94. The second-order valence-electron chi connectivity index (χ2n) is 8.34. The Morgan fingerprint density at radius 2 is 2.04 bits per heavy atom. The second-order valence-corrected chi connectivity index (χ2v) is 8.34. The van der Waals surface area contributed by atoms with Gasteiger partial charge in [0, 0.05) is 32.7 Å². The normalized spacial score (nSPS) is 25.8. The van der Waals surface area contributed by atoms with Crippen LogP contribution in [0.2, 0.25) is 0 Å². The predicted octanol–water partition coefficient (Wildman–Crippen LogP) is 2.93. The number of piperidine rings is 1. The number of nitrogens with one attached hydrogen (secondary N) is 1. The lowest BCUT2D eigenvalue weighted by atomic mass is 9.78. The fourth-order valence-corrected chi connectivity index (χ4v) is 4.45. The summed E-state index contributed by atoms with van der Waals surface area (Å²) in [5.74, 6) is 1.02. The zero-order valence-corrected chi connectivity index (χ0v) is 15.7. The molecule has 1 atom stereocenters. The minimum Gasteiger partial charge on any atom is -0.342 e. The highest BCUT2D eigenvalue weighted by molar-refractivity contribution is 5.86. The molecule has 1 aromatic carbocycles. The molecule has 3 amide bonds. The Labute approximate surface area is 155 Å². The topological polar surface area (TPSA) is 52.7 Å². The van der Waals surface area contributed by atoms with Gasteiger partial charge in [-0.2, -0.15) is 0 Å². The smallest absolute Gasteiger partial charge is 0.317 e. The summed E-state index contributed by atoms with van der Waals surface area (Å²) in [5, 5.41) is 3.03. The van der Waals surface area contributed by atoms with Gasteiger partial charge < -0.3 is 15.1 Å². The number of hydrogen-bond donors (Lipinski definition) is 1. The summed E-state index contributed by atoms with van der Waals surface area (Å²) in [6.45, 7) is 5.68. The molecule has 2 saturated heterocycles. The molecule has 0 bridgehead atoms. The average Bonchev–Trinajstić information content (AvgIpc) is 3.36. The van der Waals surface area contributed by atoms with Crippen molar-refractivity contribution in [3.63, 3.8) is 0 Å². The van der Waals surface area contributed by atoms with Crippen LogP contribution in [0, 0.1) is 18.3 Å². The number of hydrogen-bond acceptors (Lipinski definition) is 2. The molecule has 5 heteroatoms. The zero-order valence-electron chi connectivity index (χ0n) is 15.7. The Morgan fingerprint density at radius 1 is 1.23 bits per heavy atom. The summed E-state index contributed by atoms with van der Waals surface area (Å²) in [6.07, 6.45) is 5.34. The van der Waals surface area contributed by atoms with Gasteiger partial charge in [0.05, 0.1) is 5.41 Å². The van der Waals surface area contributed by atoms with Crippen molar-refractivity contribution in [2.75, 3.05) is 26.2 Å². The summed E-state index contributed by atoms with van der Waals surface area (Å²) in [6, 6.07) is 8.06.